The minimum Gasteiger partial charge on any atom is -0.370 e. The van der Waals surface area contributed by atoms with Crippen LogP contribution < -0.4 is 11.1 Å². The van der Waals surface area contributed by atoms with Crippen molar-refractivity contribution in [3.63, 3.8) is 0 Å². The summed E-state index contributed by atoms with van der Waals surface area (Å²) in [5, 5.41) is 6.38. The molecule has 1 fully saturated rings. The zero-order valence-electron chi connectivity index (χ0n) is 12.4. The molecule has 3 N–H and O–H groups in total. The second-order valence-electron chi connectivity index (χ2n) is 5.19. The molecule has 1 aliphatic rings. The molecule has 0 spiro atoms. The van der Waals surface area contributed by atoms with Gasteiger partial charge in [-0.25, -0.2) is 4.98 Å². The van der Waals surface area contributed by atoms with E-state index in [1.807, 2.05) is 6.92 Å². The normalized spacial score (nSPS) is 20.5. The first kappa shape index (κ1) is 15.3. The van der Waals surface area contributed by atoms with Crippen molar-refractivity contribution in [3.8, 4) is 0 Å². The molecule has 1 aromatic heterocycles. The molecule has 0 saturated carbocycles. The van der Waals surface area contributed by atoms with Crippen molar-refractivity contribution in [2.45, 2.75) is 39.2 Å². The number of thiazole rings is 1. The van der Waals surface area contributed by atoms with Crippen LogP contribution in [0.5, 0.6) is 0 Å². The lowest BCUT2D eigenvalue weighted by Gasteiger charge is -2.20. The fourth-order valence-corrected chi connectivity index (χ4v) is 3.27. The summed E-state index contributed by atoms with van der Waals surface area (Å²) in [7, 11) is 0. The number of aromatic nitrogens is 1. The van der Waals surface area contributed by atoms with Gasteiger partial charge < -0.3 is 11.1 Å². The second kappa shape index (κ2) is 7.59. The van der Waals surface area contributed by atoms with E-state index in [-0.39, 0.29) is 0 Å². The number of guanidine groups is 1. The largest absolute Gasteiger partial charge is 0.370 e. The van der Waals surface area contributed by atoms with E-state index in [2.05, 4.69) is 32.5 Å². The van der Waals surface area contributed by atoms with Crippen molar-refractivity contribution >= 4 is 17.3 Å². The summed E-state index contributed by atoms with van der Waals surface area (Å²) < 4.78 is 0. The van der Waals surface area contributed by atoms with Crippen molar-refractivity contribution in [2.24, 2.45) is 10.7 Å². The molecular weight excluding hydrogens is 270 g/mol. The number of rotatable bonds is 6. The maximum absolute atomic E-state index is 5.91. The van der Waals surface area contributed by atoms with E-state index in [1.165, 1.54) is 19.4 Å². The van der Waals surface area contributed by atoms with E-state index in [0.717, 1.165) is 36.8 Å². The maximum Gasteiger partial charge on any atom is 0.188 e. The lowest BCUT2D eigenvalue weighted by molar-refractivity contribution is 0.273. The van der Waals surface area contributed by atoms with E-state index in [9.17, 15) is 0 Å². The fourth-order valence-electron chi connectivity index (χ4n) is 2.62. The smallest absolute Gasteiger partial charge is 0.188 e. The Hall–Kier alpha value is -1.14. The molecule has 1 aromatic rings. The number of likely N-dealkylation sites (N-methyl/N-ethyl adjacent to an activating group) is 1. The van der Waals surface area contributed by atoms with E-state index in [0.29, 0.717) is 12.0 Å². The number of aliphatic imine (C=N–C) groups is 1. The molecule has 6 heteroatoms. The van der Waals surface area contributed by atoms with Crippen LogP contribution in [0.15, 0.2) is 10.4 Å². The van der Waals surface area contributed by atoms with Gasteiger partial charge in [-0.05, 0) is 32.9 Å². The molecule has 0 amide bonds. The van der Waals surface area contributed by atoms with Gasteiger partial charge in [0, 0.05) is 24.4 Å². The minimum absolute atomic E-state index is 0.555. The van der Waals surface area contributed by atoms with Gasteiger partial charge in [0.2, 0.25) is 0 Å². The van der Waals surface area contributed by atoms with Crippen LogP contribution >= 0.6 is 11.3 Å². The van der Waals surface area contributed by atoms with Crippen LogP contribution in [-0.2, 0) is 6.42 Å². The molecule has 5 nitrogen and oxygen atoms in total. The van der Waals surface area contributed by atoms with E-state index >= 15 is 0 Å². The Morgan fingerprint density at radius 3 is 3.20 bits per heavy atom. The van der Waals surface area contributed by atoms with Gasteiger partial charge >= 0.3 is 0 Å². The highest BCUT2D eigenvalue weighted by molar-refractivity contribution is 7.09. The molecule has 112 valence electrons. The zero-order chi connectivity index (χ0) is 14.4. The molecule has 20 heavy (non-hydrogen) atoms. The van der Waals surface area contributed by atoms with Gasteiger partial charge in [0.15, 0.2) is 5.96 Å². The van der Waals surface area contributed by atoms with Crippen LogP contribution in [0.4, 0.5) is 0 Å². The lowest BCUT2D eigenvalue weighted by Crippen LogP contribution is -2.36. The van der Waals surface area contributed by atoms with Crippen molar-refractivity contribution in [1.82, 2.24) is 15.2 Å². The number of aryl methyl sites for hydroxylation is 1. The number of hydrogen-bond donors (Lipinski definition) is 2. The summed E-state index contributed by atoms with van der Waals surface area (Å²) in [4.78, 5) is 11.4. The van der Waals surface area contributed by atoms with E-state index in [4.69, 9.17) is 5.73 Å². The molecule has 1 atom stereocenters. The Morgan fingerprint density at radius 2 is 2.50 bits per heavy atom. The maximum atomic E-state index is 5.91. The lowest BCUT2D eigenvalue weighted by atomic mass is 10.2. The van der Waals surface area contributed by atoms with Crippen LogP contribution in [0, 0.1) is 6.92 Å². The zero-order valence-corrected chi connectivity index (χ0v) is 13.2. The van der Waals surface area contributed by atoms with E-state index < -0.39 is 0 Å². The number of nitrogens with two attached hydrogens (primary N) is 1. The fraction of sp³-hybridized carbons (Fsp3) is 0.714. The number of nitrogens with one attached hydrogen (secondary N) is 1. The van der Waals surface area contributed by atoms with Crippen LogP contribution in [-0.4, -0.2) is 48.1 Å². The Morgan fingerprint density at radius 1 is 1.65 bits per heavy atom. The number of hydrogen-bond acceptors (Lipinski definition) is 4. The highest BCUT2D eigenvalue weighted by atomic mass is 32.1. The first-order valence-corrected chi connectivity index (χ1v) is 8.26. The van der Waals surface area contributed by atoms with Gasteiger partial charge in [-0.15, -0.1) is 11.3 Å². The highest BCUT2D eigenvalue weighted by Crippen LogP contribution is 2.16. The third-order valence-corrected chi connectivity index (χ3v) is 4.55. The Kier molecular flexibility index (Phi) is 5.79. The summed E-state index contributed by atoms with van der Waals surface area (Å²) in [6, 6.07) is 0.571. The molecule has 0 bridgehead atoms. The molecule has 0 radical (unpaired) electrons. The van der Waals surface area contributed by atoms with Gasteiger partial charge in [-0.3, -0.25) is 9.89 Å². The molecular formula is C14H25N5S. The Balaban J connectivity index is 1.68. The monoisotopic (exact) mass is 295 g/mol. The van der Waals surface area contributed by atoms with Gasteiger partial charge in [-0.1, -0.05) is 6.92 Å². The standard InChI is InChI=1S/C14H25N5S/c1-3-19-8-4-5-13(19)9-17-14(15)16-7-6-12-10-20-11(2)18-12/h10,13H,3-9H2,1-2H3,(H3,15,16,17). The molecule has 1 aliphatic heterocycles. The molecule has 1 unspecified atom stereocenters. The molecule has 0 aromatic carbocycles. The van der Waals surface area contributed by atoms with Gasteiger partial charge in [-0.2, -0.15) is 0 Å². The first-order chi connectivity index (χ1) is 9.69. The van der Waals surface area contributed by atoms with Gasteiger partial charge in [0.1, 0.15) is 0 Å². The average Bonchev–Trinajstić information content (AvgIpc) is 3.05. The molecule has 2 rings (SSSR count). The summed E-state index contributed by atoms with van der Waals surface area (Å²) >= 11 is 1.69. The topological polar surface area (TPSA) is 66.5 Å². The molecule has 0 aliphatic carbocycles. The third-order valence-electron chi connectivity index (χ3n) is 3.73. The Bertz CT molecular complexity index is 443. The van der Waals surface area contributed by atoms with Crippen molar-refractivity contribution < 1.29 is 0 Å². The summed E-state index contributed by atoms with van der Waals surface area (Å²) in [5.41, 5.74) is 7.04. The van der Waals surface area contributed by atoms with Gasteiger partial charge in [0.25, 0.3) is 0 Å². The third kappa shape index (κ3) is 4.45. The quantitative estimate of drug-likeness (QED) is 0.615. The first-order valence-electron chi connectivity index (χ1n) is 7.38. The van der Waals surface area contributed by atoms with Crippen LogP contribution in [0.3, 0.4) is 0 Å². The Labute approximate surface area is 125 Å². The predicted molar refractivity (Wildman–Crippen MR) is 85.3 cm³/mol. The summed E-state index contributed by atoms with van der Waals surface area (Å²) in [6.07, 6.45) is 3.42. The van der Waals surface area contributed by atoms with Crippen LogP contribution in [0.25, 0.3) is 0 Å². The van der Waals surface area contributed by atoms with Crippen molar-refractivity contribution in [1.29, 1.82) is 0 Å². The van der Waals surface area contributed by atoms with Gasteiger partial charge in [0.05, 0.1) is 17.2 Å². The predicted octanol–water partition coefficient (Wildman–Crippen LogP) is 1.38. The molecule has 2 heterocycles. The average molecular weight is 295 g/mol. The molecule has 1 saturated heterocycles. The van der Waals surface area contributed by atoms with Crippen molar-refractivity contribution in [3.05, 3.63) is 16.1 Å². The summed E-state index contributed by atoms with van der Waals surface area (Å²) in [6.45, 7) is 8.14. The number of nitrogens with zero attached hydrogens (tertiary/aromatic N) is 3. The second-order valence-corrected chi connectivity index (χ2v) is 6.25. The SMILES string of the molecule is CCN1CCCC1CN=C(N)NCCc1csc(C)n1. The highest BCUT2D eigenvalue weighted by Gasteiger charge is 2.22. The minimum atomic E-state index is 0.555. The van der Waals surface area contributed by atoms with Crippen molar-refractivity contribution in [2.75, 3.05) is 26.2 Å². The van der Waals surface area contributed by atoms with Crippen LogP contribution in [0.2, 0.25) is 0 Å². The number of likely N-dealkylation sites (tertiary alicyclic amines) is 1. The van der Waals surface area contributed by atoms with Crippen LogP contribution in [0.1, 0.15) is 30.5 Å². The summed E-state index contributed by atoms with van der Waals surface area (Å²) in [5.74, 6) is 0.555. The van der Waals surface area contributed by atoms with E-state index in [1.54, 1.807) is 11.3 Å².